The molecule has 3 nitrogen and oxygen atoms in total. The highest BCUT2D eigenvalue weighted by molar-refractivity contribution is 5.01. The second-order valence-electron chi connectivity index (χ2n) is 5.38. The van der Waals surface area contributed by atoms with Crippen LogP contribution in [0.4, 0.5) is 0 Å². The Labute approximate surface area is 93.5 Å². The largest absolute Gasteiger partial charge is 0.377 e. The second kappa shape index (κ2) is 5.28. The molecule has 0 amide bonds. The van der Waals surface area contributed by atoms with Crippen LogP contribution in [0.5, 0.6) is 0 Å². The monoisotopic (exact) mass is 215 g/mol. The van der Waals surface area contributed by atoms with Crippen molar-refractivity contribution in [2.24, 2.45) is 11.3 Å². The van der Waals surface area contributed by atoms with Crippen LogP contribution >= 0.6 is 0 Å². The van der Waals surface area contributed by atoms with E-state index in [-0.39, 0.29) is 5.41 Å². The lowest BCUT2D eigenvalue weighted by Gasteiger charge is -2.51. The molecule has 0 spiro atoms. The van der Waals surface area contributed by atoms with Gasteiger partial charge in [0.2, 0.25) is 0 Å². The molecule has 0 saturated heterocycles. The summed E-state index contributed by atoms with van der Waals surface area (Å²) in [6, 6.07) is 0.426. The molecule has 1 N–H and O–H groups in total. The van der Waals surface area contributed by atoms with Crippen molar-refractivity contribution >= 4 is 0 Å². The van der Waals surface area contributed by atoms with Crippen LogP contribution in [-0.2, 0) is 9.57 Å². The van der Waals surface area contributed by atoms with Gasteiger partial charge in [-0.15, -0.1) is 0 Å². The van der Waals surface area contributed by atoms with Gasteiger partial charge in [0, 0.05) is 18.1 Å². The van der Waals surface area contributed by atoms with Gasteiger partial charge < -0.3 is 9.57 Å². The Balaban J connectivity index is 2.28. The topological polar surface area (TPSA) is 30.5 Å². The molecule has 1 rings (SSSR count). The third kappa shape index (κ3) is 3.16. The molecule has 1 aliphatic carbocycles. The lowest BCUT2D eigenvalue weighted by atomic mass is 9.65. The molecule has 0 aromatic carbocycles. The first-order chi connectivity index (χ1) is 6.98. The Morgan fingerprint density at radius 1 is 1.40 bits per heavy atom. The predicted molar refractivity (Wildman–Crippen MR) is 61.5 cm³/mol. The summed E-state index contributed by atoms with van der Waals surface area (Å²) in [4.78, 5) is 5.24. The van der Waals surface area contributed by atoms with Gasteiger partial charge in [0.1, 0.15) is 0 Å². The number of nitrogens with one attached hydrogen (secondary N) is 1. The van der Waals surface area contributed by atoms with Crippen molar-refractivity contribution in [2.75, 3.05) is 13.2 Å². The minimum atomic E-state index is 0.185. The molecular formula is C12H25NO2. The maximum absolute atomic E-state index is 5.87. The standard InChI is InChI=1S/C12H25NO2/c1-6-15-13-10-7-11(12(10,4)5)14-8-9(2)3/h9-11,13H,6-8H2,1-5H3. The van der Waals surface area contributed by atoms with Gasteiger partial charge in [-0.3, -0.25) is 0 Å². The molecule has 2 atom stereocenters. The van der Waals surface area contributed by atoms with Gasteiger partial charge >= 0.3 is 0 Å². The summed E-state index contributed by atoms with van der Waals surface area (Å²) >= 11 is 0. The van der Waals surface area contributed by atoms with Gasteiger partial charge in [-0.2, -0.15) is 5.48 Å². The Hall–Kier alpha value is -0.120. The van der Waals surface area contributed by atoms with Crippen molar-refractivity contribution in [2.45, 2.75) is 53.2 Å². The van der Waals surface area contributed by atoms with Crippen molar-refractivity contribution in [1.82, 2.24) is 5.48 Å². The number of hydrogen-bond donors (Lipinski definition) is 1. The fraction of sp³-hybridized carbons (Fsp3) is 1.00. The van der Waals surface area contributed by atoms with E-state index in [2.05, 4.69) is 33.2 Å². The average molecular weight is 215 g/mol. The maximum Gasteiger partial charge on any atom is 0.0657 e. The summed E-state index contributed by atoms with van der Waals surface area (Å²) in [5.41, 5.74) is 3.28. The summed E-state index contributed by atoms with van der Waals surface area (Å²) < 4.78 is 5.87. The minimum Gasteiger partial charge on any atom is -0.377 e. The number of hydrogen-bond acceptors (Lipinski definition) is 3. The van der Waals surface area contributed by atoms with Crippen LogP contribution in [0.2, 0.25) is 0 Å². The molecule has 0 heterocycles. The molecule has 0 aromatic rings. The van der Waals surface area contributed by atoms with Crippen LogP contribution in [0.15, 0.2) is 0 Å². The molecule has 0 aromatic heterocycles. The Morgan fingerprint density at radius 2 is 2.07 bits per heavy atom. The van der Waals surface area contributed by atoms with E-state index in [1.54, 1.807) is 0 Å². The van der Waals surface area contributed by atoms with E-state index in [4.69, 9.17) is 9.57 Å². The van der Waals surface area contributed by atoms with Crippen LogP contribution in [0.3, 0.4) is 0 Å². The van der Waals surface area contributed by atoms with E-state index in [0.29, 0.717) is 24.7 Å². The lowest BCUT2D eigenvalue weighted by molar-refractivity contribution is -0.159. The first-order valence-corrected chi connectivity index (χ1v) is 5.97. The van der Waals surface area contributed by atoms with Gasteiger partial charge in [0.15, 0.2) is 0 Å². The SMILES string of the molecule is CCONC1CC(OCC(C)C)C1(C)C. The van der Waals surface area contributed by atoms with Crippen molar-refractivity contribution < 1.29 is 9.57 Å². The van der Waals surface area contributed by atoms with Crippen LogP contribution in [0.25, 0.3) is 0 Å². The smallest absolute Gasteiger partial charge is 0.0657 e. The molecule has 1 aliphatic rings. The van der Waals surface area contributed by atoms with Gasteiger partial charge in [-0.25, -0.2) is 0 Å². The van der Waals surface area contributed by atoms with E-state index in [1.165, 1.54) is 0 Å². The van der Waals surface area contributed by atoms with Gasteiger partial charge in [0.05, 0.1) is 12.7 Å². The van der Waals surface area contributed by atoms with E-state index in [1.807, 2.05) is 6.92 Å². The van der Waals surface area contributed by atoms with Gasteiger partial charge in [-0.05, 0) is 19.3 Å². The normalized spacial score (nSPS) is 29.2. The Bertz CT molecular complexity index is 192. The van der Waals surface area contributed by atoms with E-state index < -0.39 is 0 Å². The molecule has 3 heteroatoms. The molecule has 90 valence electrons. The summed E-state index contributed by atoms with van der Waals surface area (Å²) in [6.45, 7) is 12.4. The fourth-order valence-electron chi connectivity index (χ4n) is 1.86. The molecule has 0 aliphatic heterocycles. The lowest BCUT2D eigenvalue weighted by Crippen LogP contribution is -2.61. The highest BCUT2D eigenvalue weighted by Crippen LogP contribution is 2.42. The van der Waals surface area contributed by atoms with Crippen LogP contribution in [-0.4, -0.2) is 25.4 Å². The third-order valence-electron chi connectivity index (χ3n) is 3.18. The first kappa shape index (κ1) is 12.9. The van der Waals surface area contributed by atoms with Crippen LogP contribution in [0.1, 0.15) is 41.0 Å². The quantitative estimate of drug-likeness (QED) is 0.690. The molecule has 1 saturated carbocycles. The van der Waals surface area contributed by atoms with Crippen molar-refractivity contribution in [3.05, 3.63) is 0 Å². The highest BCUT2D eigenvalue weighted by Gasteiger charge is 2.49. The van der Waals surface area contributed by atoms with Gasteiger partial charge in [-0.1, -0.05) is 27.7 Å². The zero-order valence-electron chi connectivity index (χ0n) is 10.7. The van der Waals surface area contributed by atoms with Crippen LogP contribution in [0, 0.1) is 11.3 Å². The molecular weight excluding hydrogens is 190 g/mol. The summed E-state index contributed by atoms with van der Waals surface area (Å²) in [5, 5.41) is 0. The molecule has 2 unspecified atom stereocenters. The zero-order valence-corrected chi connectivity index (χ0v) is 10.7. The minimum absolute atomic E-state index is 0.185. The fourth-order valence-corrected chi connectivity index (χ4v) is 1.86. The number of hydroxylamine groups is 1. The molecule has 0 bridgehead atoms. The summed E-state index contributed by atoms with van der Waals surface area (Å²) in [6.07, 6.45) is 1.43. The average Bonchev–Trinajstić information content (AvgIpc) is 2.15. The molecule has 15 heavy (non-hydrogen) atoms. The molecule has 1 fully saturated rings. The Morgan fingerprint density at radius 3 is 2.53 bits per heavy atom. The number of ether oxygens (including phenoxy) is 1. The van der Waals surface area contributed by atoms with Crippen molar-refractivity contribution in [1.29, 1.82) is 0 Å². The van der Waals surface area contributed by atoms with Crippen molar-refractivity contribution in [3.63, 3.8) is 0 Å². The van der Waals surface area contributed by atoms with E-state index in [9.17, 15) is 0 Å². The number of rotatable bonds is 6. The van der Waals surface area contributed by atoms with E-state index in [0.717, 1.165) is 13.0 Å². The summed E-state index contributed by atoms with van der Waals surface area (Å²) in [7, 11) is 0. The van der Waals surface area contributed by atoms with Gasteiger partial charge in [0.25, 0.3) is 0 Å². The molecule has 0 radical (unpaired) electrons. The maximum atomic E-state index is 5.87. The van der Waals surface area contributed by atoms with E-state index >= 15 is 0 Å². The van der Waals surface area contributed by atoms with Crippen LogP contribution < -0.4 is 5.48 Å². The second-order valence-corrected chi connectivity index (χ2v) is 5.38. The van der Waals surface area contributed by atoms with Crippen molar-refractivity contribution in [3.8, 4) is 0 Å². The zero-order chi connectivity index (χ0) is 11.5. The first-order valence-electron chi connectivity index (χ1n) is 5.97. The highest BCUT2D eigenvalue weighted by atomic mass is 16.6. The summed E-state index contributed by atoms with van der Waals surface area (Å²) in [5.74, 6) is 0.611. The Kier molecular flexibility index (Phi) is 4.56. The third-order valence-corrected chi connectivity index (χ3v) is 3.18. The predicted octanol–water partition coefficient (Wildman–Crippen LogP) is 2.37.